The van der Waals surface area contributed by atoms with Crippen LogP contribution in [0.3, 0.4) is 0 Å². The molecular weight excluding hydrogens is 366 g/mol. The molecule has 27 heavy (non-hydrogen) atoms. The Morgan fingerprint density at radius 1 is 0.963 bits per heavy atom. The number of ether oxygens (including phenoxy) is 2. The lowest BCUT2D eigenvalue weighted by Crippen LogP contribution is -2.48. The quantitative estimate of drug-likeness (QED) is 0.784. The molecule has 1 unspecified atom stereocenters. The van der Waals surface area contributed by atoms with Crippen molar-refractivity contribution in [1.29, 1.82) is 0 Å². The van der Waals surface area contributed by atoms with Gasteiger partial charge in [0.1, 0.15) is 0 Å². The zero-order valence-corrected chi connectivity index (χ0v) is 16.5. The van der Waals surface area contributed by atoms with Crippen molar-refractivity contribution < 1.29 is 17.9 Å². The molecule has 7 nitrogen and oxygen atoms in total. The standard InChI is InChI=1S/C19H25N3O4S/c1-25-17-8-7-15(14-18(17)26-2)19-16-6-5-9-20(16)12-13-22(19)27(23,24)21-10-3-4-11-21/h5-9,14,19H,3-4,10-13H2,1-2H3. The largest absolute Gasteiger partial charge is 0.493 e. The van der Waals surface area contributed by atoms with E-state index in [0.717, 1.165) is 24.1 Å². The minimum atomic E-state index is -3.53. The maximum atomic E-state index is 13.4. The molecule has 1 fully saturated rings. The summed E-state index contributed by atoms with van der Waals surface area (Å²) in [6.07, 6.45) is 3.85. The van der Waals surface area contributed by atoms with Crippen LogP contribution in [0.2, 0.25) is 0 Å². The SMILES string of the molecule is COc1ccc(C2c3cccn3CCN2S(=O)(=O)N2CCCC2)cc1OC. The number of fused-ring (bicyclic) bond motifs is 1. The van der Waals surface area contributed by atoms with E-state index in [1.54, 1.807) is 22.8 Å². The average Bonchev–Trinajstić information content (AvgIpc) is 3.38. The molecule has 8 heteroatoms. The van der Waals surface area contributed by atoms with Crippen LogP contribution in [0.1, 0.15) is 30.1 Å². The van der Waals surface area contributed by atoms with Gasteiger partial charge in [0.2, 0.25) is 0 Å². The molecule has 0 spiro atoms. The summed E-state index contributed by atoms with van der Waals surface area (Å²) in [7, 11) is -0.356. The minimum absolute atomic E-state index is 0.390. The van der Waals surface area contributed by atoms with Crippen molar-refractivity contribution >= 4 is 10.2 Å². The molecule has 2 aliphatic heterocycles. The fourth-order valence-corrected chi connectivity index (χ4v) is 5.86. The van der Waals surface area contributed by atoms with Crippen molar-refractivity contribution in [2.75, 3.05) is 33.9 Å². The third-order valence-corrected chi connectivity index (χ3v) is 7.41. The Morgan fingerprint density at radius 2 is 1.70 bits per heavy atom. The second kappa shape index (κ2) is 7.18. The molecule has 0 N–H and O–H groups in total. The number of hydrogen-bond donors (Lipinski definition) is 0. The van der Waals surface area contributed by atoms with Gasteiger partial charge in [-0.15, -0.1) is 0 Å². The van der Waals surface area contributed by atoms with E-state index in [1.165, 1.54) is 0 Å². The van der Waals surface area contributed by atoms with Gasteiger partial charge in [-0.3, -0.25) is 0 Å². The molecule has 146 valence electrons. The highest BCUT2D eigenvalue weighted by molar-refractivity contribution is 7.86. The van der Waals surface area contributed by atoms with Crippen LogP contribution >= 0.6 is 0 Å². The van der Waals surface area contributed by atoms with Gasteiger partial charge in [0.15, 0.2) is 11.5 Å². The highest BCUT2D eigenvalue weighted by Gasteiger charge is 2.40. The van der Waals surface area contributed by atoms with Crippen LogP contribution in [0.25, 0.3) is 0 Å². The Morgan fingerprint density at radius 3 is 2.41 bits per heavy atom. The van der Waals surface area contributed by atoms with Crippen molar-refractivity contribution in [3.8, 4) is 11.5 Å². The zero-order valence-electron chi connectivity index (χ0n) is 15.7. The number of nitrogens with zero attached hydrogens (tertiary/aromatic N) is 3. The van der Waals surface area contributed by atoms with Crippen molar-refractivity contribution in [2.45, 2.75) is 25.4 Å². The van der Waals surface area contributed by atoms with E-state index in [4.69, 9.17) is 9.47 Å². The van der Waals surface area contributed by atoms with Gasteiger partial charge >= 0.3 is 0 Å². The first kappa shape index (κ1) is 18.3. The summed E-state index contributed by atoms with van der Waals surface area (Å²) in [6.45, 7) is 2.29. The second-order valence-corrected chi connectivity index (χ2v) is 8.75. The molecule has 0 saturated carbocycles. The maximum Gasteiger partial charge on any atom is 0.282 e. The summed E-state index contributed by atoms with van der Waals surface area (Å²) in [5, 5.41) is 0. The van der Waals surface area contributed by atoms with Crippen LogP contribution in [-0.2, 0) is 16.8 Å². The van der Waals surface area contributed by atoms with Crippen molar-refractivity contribution in [1.82, 2.24) is 13.2 Å². The third kappa shape index (κ3) is 3.11. The first-order chi connectivity index (χ1) is 13.1. The first-order valence-electron chi connectivity index (χ1n) is 9.20. The molecule has 0 aliphatic carbocycles. The molecule has 1 aromatic heterocycles. The fourth-order valence-electron chi connectivity index (χ4n) is 4.04. The summed E-state index contributed by atoms with van der Waals surface area (Å²) in [5.41, 5.74) is 1.84. The summed E-state index contributed by atoms with van der Waals surface area (Å²) >= 11 is 0. The molecule has 1 aromatic carbocycles. The fraction of sp³-hybridized carbons (Fsp3) is 0.474. The molecule has 0 bridgehead atoms. The molecule has 4 rings (SSSR count). The number of hydrogen-bond acceptors (Lipinski definition) is 4. The van der Waals surface area contributed by atoms with Gasteiger partial charge in [-0.05, 0) is 42.7 Å². The van der Waals surface area contributed by atoms with Crippen molar-refractivity contribution in [2.24, 2.45) is 0 Å². The Balaban J connectivity index is 1.81. The molecule has 0 amide bonds. The number of aromatic nitrogens is 1. The molecule has 1 atom stereocenters. The lowest BCUT2D eigenvalue weighted by Gasteiger charge is -2.38. The monoisotopic (exact) mass is 391 g/mol. The average molecular weight is 391 g/mol. The van der Waals surface area contributed by atoms with Gasteiger partial charge in [0.05, 0.1) is 20.3 Å². The van der Waals surface area contributed by atoms with E-state index in [9.17, 15) is 8.42 Å². The van der Waals surface area contributed by atoms with Crippen LogP contribution in [0.15, 0.2) is 36.5 Å². The molecule has 3 heterocycles. The smallest absolute Gasteiger partial charge is 0.282 e. The zero-order chi connectivity index (χ0) is 19.0. The maximum absolute atomic E-state index is 13.4. The van der Waals surface area contributed by atoms with Crippen molar-refractivity contribution in [3.63, 3.8) is 0 Å². The summed E-state index contributed by atoms with van der Waals surface area (Å²) in [4.78, 5) is 0. The van der Waals surface area contributed by atoms with Crippen LogP contribution in [0, 0.1) is 0 Å². The minimum Gasteiger partial charge on any atom is -0.493 e. The molecule has 1 saturated heterocycles. The first-order valence-corrected chi connectivity index (χ1v) is 10.6. The van der Waals surface area contributed by atoms with Gasteiger partial charge in [-0.2, -0.15) is 17.0 Å². The Hall–Kier alpha value is -2.03. The normalized spacial score (nSPS) is 21.2. The van der Waals surface area contributed by atoms with E-state index >= 15 is 0 Å². The van der Waals surface area contributed by atoms with Crippen LogP contribution in [-0.4, -0.2) is 55.4 Å². The van der Waals surface area contributed by atoms with Gasteiger partial charge in [0, 0.05) is 38.1 Å². The van der Waals surface area contributed by atoms with E-state index < -0.39 is 10.2 Å². The summed E-state index contributed by atoms with van der Waals surface area (Å²) in [5.74, 6) is 1.22. The molecule has 2 aliphatic rings. The van der Waals surface area contributed by atoms with E-state index in [1.807, 2.05) is 36.5 Å². The lowest BCUT2D eigenvalue weighted by molar-refractivity contribution is 0.274. The highest BCUT2D eigenvalue weighted by atomic mass is 32.2. The van der Waals surface area contributed by atoms with E-state index in [2.05, 4.69) is 4.57 Å². The third-order valence-electron chi connectivity index (χ3n) is 5.41. The molecule has 2 aromatic rings. The summed E-state index contributed by atoms with van der Waals surface area (Å²) in [6, 6.07) is 9.19. The Labute approximate surface area is 160 Å². The Bertz CT molecular complexity index is 919. The lowest BCUT2D eigenvalue weighted by atomic mass is 10.0. The molecular formula is C19H25N3O4S. The number of methoxy groups -OCH3 is 2. The van der Waals surface area contributed by atoms with Crippen LogP contribution in [0.5, 0.6) is 11.5 Å². The topological polar surface area (TPSA) is 64.0 Å². The summed E-state index contributed by atoms with van der Waals surface area (Å²) < 4.78 is 42.9. The molecule has 0 radical (unpaired) electrons. The van der Waals surface area contributed by atoms with Gasteiger partial charge in [-0.1, -0.05) is 6.07 Å². The van der Waals surface area contributed by atoms with Crippen LogP contribution < -0.4 is 9.47 Å². The second-order valence-electron chi connectivity index (χ2n) is 6.87. The number of benzene rings is 1. The Kier molecular flexibility index (Phi) is 4.88. The van der Waals surface area contributed by atoms with Crippen molar-refractivity contribution in [3.05, 3.63) is 47.8 Å². The van der Waals surface area contributed by atoms with Crippen LogP contribution in [0.4, 0.5) is 0 Å². The van der Waals surface area contributed by atoms with E-state index in [-0.39, 0.29) is 6.04 Å². The predicted octanol–water partition coefficient (Wildman–Crippen LogP) is 2.25. The van der Waals surface area contributed by atoms with Gasteiger partial charge < -0.3 is 14.0 Å². The van der Waals surface area contributed by atoms with Gasteiger partial charge in [-0.25, -0.2) is 0 Å². The van der Waals surface area contributed by atoms with Gasteiger partial charge in [0.25, 0.3) is 10.2 Å². The van der Waals surface area contributed by atoms with E-state index in [0.29, 0.717) is 37.7 Å². The number of rotatable bonds is 5. The highest BCUT2D eigenvalue weighted by Crippen LogP contribution is 2.39. The predicted molar refractivity (Wildman–Crippen MR) is 102 cm³/mol.